The molecule has 1 aromatic heterocycles. The summed E-state index contributed by atoms with van der Waals surface area (Å²) in [6, 6.07) is 0. The zero-order valence-electron chi connectivity index (χ0n) is 13.7. The van der Waals surface area contributed by atoms with Crippen LogP contribution in [0.5, 0.6) is 0 Å². The maximum absolute atomic E-state index is 5.95. The van der Waals surface area contributed by atoms with Gasteiger partial charge in [-0.25, -0.2) is 4.98 Å². The predicted molar refractivity (Wildman–Crippen MR) is 102 cm³/mol. The standard InChI is InChI=1S/C16H25IN4O2/c1-3-5-22-13-8-11(9-14(17-13)23-6-4-2)7-12-10-20-16(19)21-15(12)18/h8,10-11H,3-7,9H2,1-2H3,(H4,18,19,20,21). The van der Waals surface area contributed by atoms with E-state index in [1.165, 1.54) is 3.69 Å². The molecule has 0 aromatic carbocycles. The molecule has 7 heteroatoms. The summed E-state index contributed by atoms with van der Waals surface area (Å²) in [6.45, 7) is 5.77. The summed E-state index contributed by atoms with van der Waals surface area (Å²) in [5, 5.41) is 0. The van der Waals surface area contributed by atoms with Crippen LogP contribution in [0.2, 0.25) is 0 Å². The highest BCUT2D eigenvalue weighted by Gasteiger charge is 2.19. The highest BCUT2D eigenvalue weighted by Crippen LogP contribution is 2.32. The Labute approximate surface area is 147 Å². The van der Waals surface area contributed by atoms with E-state index in [-0.39, 0.29) is 26.7 Å². The number of halogens is 1. The molecule has 0 fully saturated rings. The molecule has 6 nitrogen and oxygen atoms in total. The summed E-state index contributed by atoms with van der Waals surface area (Å²) in [7, 11) is 0. The van der Waals surface area contributed by atoms with Crippen LogP contribution in [0.1, 0.15) is 38.7 Å². The monoisotopic (exact) mass is 432 g/mol. The molecular weight excluding hydrogens is 407 g/mol. The molecule has 0 spiro atoms. The summed E-state index contributed by atoms with van der Waals surface area (Å²) in [4.78, 5) is 8.08. The molecular formula is C16H25IN4O2. The average molecular weight is 432 g/mol. The normalized spacial score (nSPS) is 17.9. The Morgan fingerprint density at radius 2 is 1.96 bits per heavy atom. The fourth-order valence-electron chi connectivity index (χ4n) is 2.20. The minimum Gasteiger partial charge on any atom is -0.488 e. The van der Waals surface area contributed by atoms with Crippen molar-refractivity contribution in [2.24, 2.45) is 5.92 Å². The van der Waals surface area contributed by atoms with Crippen molar-refractivity contribution in [1.82, 2.24) is 9.97 Å². The van der Waals surface area contributed by atoms with E-state index in [2.05, 4.69) is 29.9 Å². The lowest BCUT2D eigenvalue weighted by molar-refractivity contribution is 0.240. The summed E-state index contributed by atoms with van der Waals surface area (Å²) >= 11 is -0.308. The van der Waals surface area contributed by atoms with Crippen LogP contribution in [0.15, 0.2) is 16.0 Å². The van der Waals surface area contributed by atoms with Gasteiger partial charge in [0.15, 0.2) is 0 Å². The highest BCUT2D eigenvalue weighted by molar-refractivity contribution is 14.2. The van der Waals surface area contributed by atoms with Gasteiger partial charge in [0.05, 0.1) is 16.9 Å². The lowest BCUT2D eigenvalue weighted by Crippen LogP contribution is -2.16. The van der Waals surface area contributed by atoms with Crippen LogP contribution in [0.25, 0.3) is 0 Å². The number of nitrogens with zero attached hydrogens (tertiary/aromatic N) is 2. The third-order valence-electron chi connectivity index (χ3n) is 3.29. The number of nitrogen functional groups attached to an aromatic ring is 2. The van der Waals surface area contributed by atoms with E-state index in [9.17, 15) is 0 Å². The largest absolute Gasteiger partial charge is 0.488 e. The van der Waals surface area contributed by atoms with Crippen LogP contribution >= 0.6 is 20.7 Å². The molecule has 128 valence electrons. The molecule has 1 aliphatic heterocycles. The highest BCUT2D eigenvalue weighted by atomic mass is 127. The van der Waals surface area contributed by atoms with E-state index < -0.39 is 0 Å². The molecule has 23 heavy (non-hydrogen) atoms. The molecule has 0 saturated carbocycles. The van der Waals surface area contributed by atoms with Gasteiger partial charge in [-0.15, -0.1) is 0 Å². The van der Waals surface area contributed by atoms with Gasteiger partial charge < -0.3 is 20.9 Å². The third-order valence-corrected chi connectivity index (χ3v) is 5.85. The number of nitrogens with two attached hydrogens (primary N) is 2. The zero-order chi connectivity index (χ0) is 16.7. The number of hydrogen-bond donors (Lipinski definition) is 2. The molecule has 1 aromatic rings. The fraction of sp³-hybridized carbons (Fsp3) is 0.562. The first-order valence-electron chi connectivity index (χ1n) is 7.97. The molecule has 0 saturated heterocycles. The predicted octanol–water partition coefficient (Wildman–Crippen LogP) is 3.00. The first-order chi connectivity index (χ1) is 11.1. The van der Waals surface area contributed by atoms with Crippen LogP contribution in [-0.4, -0.2) is 26.9 Å². The van der Waals surface area contributed by atoms with Gasteiger partial charge in [0, 0.05) is 18.2 Å². The van der Waals surface area contributed by atoms with Gasteiger partial charge in [-0.3, -0.25) is 0 Å². The molecule has 0 bridgehead atoms. The van der Waals surface area contributed by atoms with Gasteiger partial charge in [-0.1, -0.05) is 13.8 Å². The molecule has 0 radical (unpaired) electrons. The Kier molecular flexibility index (Phi) is 7.22. The van der Waals surface area contributed by atoms with Crippen molar-refractivity contribution < 1.29 is 9.47 Å². The lowest BCUT2D eigenvalue weighted by Gasteiger charge is -2.21. The first-order valence-corrected chi connectivity index (χ1v) is 10.1. The molecule has 4 N–H and O–H groups in total. The van der Waals surface area contributed by atoms with Gasteiger partial charge >= 0.3 is 0 Å². The maximum atomic E-state index is 5.95. The summed E-state index contributed by atoms with van der Waals surface area (Å²) in [6.07, 6.45) is 7.68. The number of ether oxygens (including phenoxy) is 2. The lowest BCUT2D eigenvalue weighted by atomic mass is 9.97. The van der Waals surface area contributed by atoms with E-state index in [1.807, 2.05) is 0 Å². The van der Waals surface area contributed by atoms with Crippen molar-refractivity contribution in [3.05, 3.63) is 21.6 Å². The minimum absolute atomic E-state index is 0.210. The topological polar surface area (TPSA) is 96.3 Å². The van der Waals surface area contributed by atoms with E-state index >= 15 is 0 Å². The van der Waals surface area contributed by atoms with Gasteiger partial charge in [0.25, 0.3) is 0 Å². The van der Waals surface area contributed by atoms with Crippen molar-refractivity contribution >= 4 is 36.2 Å². The van der Waals surface area contributed by atoms with E-state index in [0.29, 0.717) is 11.7 Å². The second-order valence-electron chi connectivity index (χ2n) is 5.42. The quantitative estimate of drug-likeness (QED) is 0.614. The average Bonchev–Trinajstić information content (AvgIpc) is 2.53. The molecule has 0 aliphatic carbocycles. The number of aromatic nitrogens is 2. The molecule has 1 aliphatic rings. The molecule has 2 heterocycles. The van der Waals surface area contributed by atoms with Crippen molar-refractivity contribution in [2.45, 2.75) is 39.5 Å². The van der Waals surface area contributed by atoms with Crippen molar-refractivity contribution in [3.63, 3.8) is 0 Å². The molecule has 2 rings (SSSR count). The number of anilines is 2. The molecule has 0 amide bonds. The maximum Gasteiger partial charge on any atom is 0.221 e. The van der Waals surface area contributed by atoms with Crippen LogP contribution < -0.4 is 11.5 Å². The Balaban J connectivity index is 2.10. The second kappa shape index (κ2) is 9.17. The first kappa shape index (κ1) is 18.1. The second-order valence-corrected chi connectivity index (χ2v) is 8.23. The SMILES string of the molecule is CCCOC1=CC(Cc2cnc(N)nc2N)CC(OCCC)=I1. The van der Waals surface area contributed by atoms with Crippen LogP contribution in [0.4, 0.5) is 11.8 Å². The van der Waals surface area contributed by atoms with Crippen LogP contribution in [-0.2, 0) is 15.9 Å². The van der Waals surface area contributed by atoms with Crippen molar-refractivity contribution in [1.29, 1.82) is 0 Å². The Hall–Kier alpha value is -1.22. The van der Waals surface area contributed by atoms with Crippen LogP contribution in [0.3, 0.4) is 0 Å². The van der Waals surface area contributed by atoms with Gasteiger partial charge in [0.2, 0.25) is 5.95 Å². The van der Waals surface area contributed by atoms with Gasteiger partial charge in [0.1, 0.15) is 9.58 Å². The Bertz CT molecular complexity index is 589. The van der Waals surface area contributed by atoms with E-state index in [1.54, 1.807) is 6.20 Å². The Morgan fingerprint density at radius 3 is 2.65 bits per heavy atom. The van der Waals surface area contributed by atoms with E-state index in [4.69, 9.17) is 20.9 Å². The third kappa shape index (κ3) is 5.72. The van der Waals surface area contributed by atoms with Gasteiger partial charge in [-0.05, 0) is 52.0 Å². The molecule has 1 atom stereocenters. The summed E-state index contributed by atoms with van der Waals surface area (Å²) in [5.74, 6) is 0.969. The number of allylic oxidation sites excluding steroid dienone is 1. The minimum atomic E-state index is -0.308. The Morgan fingerprint density at radius 1 is 1.22 bits per heavy atom. The van der Waals surface area contributed by atoms with Crippen molar-refractivity contribution in [3.8, 4) is 0 Å². The fourth-order valence-corrected chi connectivity index (χ4v) is 5.02. The van der Waals surface area contributed by atoms with E-state index in [0.717, 1.165) is 48.2 Å². The zero-order valence-corrected chi connectivity index (χ0v) is 15.9. The van der Waals surface area contributed by atoms with Crippen molar-refractivity contribution in [2.75, 3.05) is 24.7 Å². The molecule has 1 unspecified atom stereocenters. The van der Waals surface area contributed by atoms with Gasteiger partial charge in [-0.2, -0.15) is 4.98 Å². The van der Waals surface area contributed by atoms with Crippen LogP contribution in [0, 0.1) is 5.92 Å². The summed E-state index contributed by atoms with van der Waals surface area (Å²) in [5.41, 5.74) is 12.4. The number of hydrogen-bond acceptors (Lipinski definition) is 6. The smallest absolute Gasteiger partial charge is 0.221 e. The number of rotatable bonds is 8. The summed E-state index contributed by atoms with van der Waals surface area (Å²) < 4.78 is 14.1.